The van der Waals surface area contributed by atoms with E-state index < -0.39 is 21.8 Å². The summed E-state index contributed by atoms with van der Waals surface area (Å²) in [7, 11) is -2.20. The second-order valence-electron chi connectivity index (χ2n) is 11.8. The third-order valence-electron chi connectivity index (χ3n) is 8.00. The molecule has 0 atom stereocenters. The van der Waals surface area contributed by atoms with Gasteiger partial charge < -0.3 is 33.8 Å². The molecule has 50 heavy (non-hydrogen) atoms. The molecule has 0 saturated heterocycles. The zero-order chi connectivity index (χ0) is 35.5. The maximum Gasteiger partial charge on any atom is 0.335 e. The molecule has 1 fully saturated rings. The molecule has 268 valence electrons. The Hall–Kier alpha value is -4.18. The third kappa shape index (κ3) is 10.4. The summed E-state index contributed by atoms with van der Waals surface area (Å²) >= 11 is 0. The molecule has 1 aromatic heterocycles. The lowest BCUT2D eigenvalue weighted by Crippen LogP contribution is -2.29. The minimum atomic E-state index is -3.72. The summed E-state index contributed by atoms with van der Waals surface area (Å²) in [6.45, 7) is 2.58. The first-order valence-electron chi connectivity index (χ1n) is 16.3. The van der Waals surface area contributed by atoms with Gasteiger partial charge >= 0.3 is 5.97 Å². The summed E-state index contributed by atoms with van der Waals surface area (Å²) in [6.07, 6.45) is 1.85. The molecule has 1 amide bonds. The van der Waals surface area contributed by atoms with Crippen molar-refractivity contribution in [2.24, 2.45) is 0 Å². The minimum absolute atomic E-state index is 0.0866. The van der Waals surface area contributed by atoms with Crippen LogP contribution in [-0.4, -0.2) is 85.2 Å². The molecule has 3 aromatic carbocycles. The molecule has 1 saturated carbocycles. The number of ether oxygens (including phenoxy) is 4. The first kappa shape index (κ1) is 37.1. The Morgan fingerprint density at radius 1 is 0.900 bits per heavy atom. The van der Waals surface area contributed by atoms with E-state index in [0.717, 1.165) is 24.0 Å². The molecular weight excluding hydrogens is 671 g/mol. The Labute approximate surface area is 289 Å². The van der Waals surface area contributed by atoms with Crippen LogP contribution in [0.25, 0.3) is 22.3 Å². The SMILES string of the molecule is CNC(=O)c1c(-c2ccc(F)cc2)oc2cc(CS(=O)(=O)NCCOCCOCCOCCOCc3cccc(C(=O)O)c3)c(C3CC3)cc12. The number of sulfonamides is 1. The summed E-state index contributed by atoms with van der Waals surface area (Å²) in [5.74, 6) is -1.52. The number of carbonyl (C=O) groups is 2. The lowest BCUT2D eigenvalue weighted by molar-refractivity contribution is -0.00352. The van der Waals surface area contributed by atoms with Crippen molar-refractivity contribution in [1.82, 2.24) is 10.0 Å². The van der Waals surface area contributed by atoms with E-state index in [-0.39, 0.29) is 48.7 Å². The van der Waals surface area contributed by atoms with Crippen molar-refractivity contribution in [2.45, 2.75) is 31.1 Å². The highest BCUT2D eigenvalue weighted by atomic mass is 32.2. The zero-order valence-corrected chi connectivity index (χ0v) is 28.6. The predicted octanol–water partition coefficient (Wildman–Crippen LogP) is 4.86. The van der Waals surface area contributed by atoms with E-state index in [1.54, 1.807) is 24.3 Å². The van der Waals surface area contributed by atoms with Crippen LogP contribution in [0.1, 0.15) is 56.2 Å². The molecule has 0 spiro atoms. The number of furan rings is 1. The smallest absolute Gasteiger partial charge is 0.335 e. The molecule has 0 aliphatic heterocycles. The van der Waals surface area contributed by atoms with E-state index >= 15 is 0 Å². The summed E-state index contributed by atoms with van der Waals surface area (Å²) in [6, 6.07) is 15.8. The maximum atomic E-state index is 13.6. The molecule has 0 unspecified atom stereocenters. The topological polar surface area (TPSA) is 163 Å². The molecule has 14 heteroatoms. The fourth-order valence-corrected chi connectivity index (χ4v) is 6.58. The van der Waals surface area contributed by atoms with Gasteiger partial charge in [-0.3, -0.25) is 4.79 Å². The van der Waals surface area contributed by atoms with Gasteiger partial charge in [-0.1, -0.05) is 12.1 Å². The molecule has 1 heterocycles. The van der Waals surface area contributed by atoms with Gasteiger partial charge in [-0.05, 0) is 84.0 Å². The van der Waals surface area contributed by atoms with Crippen molar-refractivity contribution < 1.29 is 50.9 Å². The van der Waals surface area contributed by atoms with Gasteiger partial charge in [0.15, 0.2) is 0 Å². The second-order valence-corrected chi connectivity index (χ2v) is 13.6. The van der Waals surface area contributed by atoms with E-state index in [9.17, 15) is 22.4 Å². The van der Waals surface area contributed by atoms with E-state index in [1.807, 2.05) is 6.07 Å². The Morgan fingerprint density at radius 3 is 2.20 bits per heavy atom. The Kier molecular flexibility index (Phi) is 13.1. The van der Waals surface area contributed by atoms with E-state index in [4.69, 9.17) is 28.5 Å². The molecule has 5 rings (SSSR count). The number of hydrogen-bond donors (Lipinski definition) is 3. The first-order chi connectivity index (χ1) is 24.1. The van der Waals surface area contributed by atoms with Crippen molar-refractivity contribution in [3.8, 4) is 11.3 Å². The van der Waals surface area contributed by atoms with Crippen LogP contribution in [0.4, 0.5) is 4.39 Å². The number of carboxylic acids is 1. The van der Waals surface area contributed by atoms with Gasteiger partial charge in [0.05, 0.1) is 69.7 Å². The molecule has 4 aromatic rings. The van der Waals surface area contributed by atoms with Crippen LogP contribution in [0.15, 0.2) is 65.1 Å². The standard InChI is InChI=1S/C36H41FN2O10S/c1-38-35(40)33-31-21-30(25-5-6-25)28(20-32(31)49-34(33)26-7-9-29(37)10-8-26)23-50(43,44)39-11-12-45-13-14-46-15-16-47-17-18-48-22-24-3-2-4-27(19-24)36(41)42/h2-4,7-10,19-21,25,39H,5-6,11-18,22-23H2,1H3,(H,38,40)(H,41,42). The van der Waals surface area contributed by atoms with Gasteiger partial charge in [0.25, 0.3) is 5.91 Å². The van der Waals surface area contributed by atoms with Crippen molar-refractivity contribution >= 4 is 32.9 Å². The van der Waals surface area contributed by atoms with Crippen molar-refractivity contribution in [2.75, 3.05) is 59.8 Å². The fourth-order valence-electron chi connectivity index (χ4n) is 5.43. The monoisotopic (exact) mass is 712 g/mol. The van der Waals surface area contributed by atoms with Crippen LogP contribution >= 0.6 is 0 Å². The Balaban J connectivity index is 1.02. The number of carboxylic acid groups (broad SMARTS) is 1. The molecule has 3 N–H and O–H groups in total. The summed E-state index contributed by atoms with van der Waals surface area (Å²) in [5.41, 5.74) is 3.68. The normalized spacial score (nSPS) is 13.2. The Morgan fingerprint density at radius 2 is 1.56 bits per heavy atom. The Bertz CT molecular complexity index is 1870. The number of nitrogens with one attached hydrogen (secondary N) is 2. The number of fused-ring (bicyclic) bond motifs is 1. The number of amides is 1. The minimum Gasteiger partial charge on any atom is -0.478 e. The van der Waals surface area contributed by atoms with Crippen LogP contribution in [0.3, 0.4) is 0 Å². The van der Waals surface area contributed by atoms with E-state index in [0.29, 0.717) is 67.3 Å². The first-order valence-corrected chi connectivity index (χ1v) is 18.0. The fraction of sp³-hybridized carbons (Fsp3) is 0.389. The highest BCUT2D eigenvalue weighted by Crippen LogP contribution is 2.45. The van der Waals surface area contributed by atoms with E-state index in [1.165, 1.54) is 37.4 Å². The van der Waals surface area contributed by atoms with Gasteiger partial charge in [0.1, 0.15) is 17.2 Å². The average Bonchev–Trinajstić information content (AvgIpc) is 3.88. The number of halogens is 1. The lowest BCUT2D eigenvalue weighted by atomic mass is 9.98. The zero-order valence-electron chi connectivity index (χ0n) is 27.7. The quantitative estimate of drug-likeness (QED) is 0.102. The highest BCUT2D eigenvalue weighted by Gasteiger charge is 2.31. The number of aromatic carboxylic acids is 1. The van der Waals surface area contributed by atoms with Crippen molar-refractivity contribution in [1.29, 1.82) is 0 Å². The van der Waals surface area contributed by atoms with Gasteiger partial charge in [-0.25, -0.2) is 22.3 Å². The number of benzene rings is 3. The van der Waals surface area contributed by atoms with Crippen LogP contribution in [0, 0.1) is 5.82 Å². The molecule has 0 radical (unpaired) electrons. The van der Waals surface area contributed by atoms with Gasteiger partial charge in [0, 0.05) is 24.5 Å². The van der Waals surface area contributed by atoms with Gasteiger partial charge in [-0.2, -0.15) is 0 Å². The van der Waals surface area contributed by atoms with Crippen LogP contribution < -0.4 is 10.0 Å². The van der Waals surface area contributed by atoms with Crippen LogP contribution in [-0.2, 0) is 41.3 Å². The third-order valence-corrected chi connectivity index (χ3v) is 9.34. The molecule has 12 nitrogen and oxygen atoms in total. The largest absolute Gasteiger partial charge is 0.478 e. The molecular formula is C36H41FN2O10S. The molecule has 1 aliphatic carbocycles. The molecule has 0 bridgehead atoms. The summed E-state index contributed by atoms with van der Waals surface area (Å²) in [4.78, 5) is 24.0. The average molecular weight is 713 g/mol. The predicted molar refractivity (Wildman–Crippen MR) is 183 cm³/mol. The molecule has 1 aliphatic rings. The number of hydrogen-bond acceptors (Lipinski definition) is 9. The van der Waals surface area contributed by atoms with Crippen molar-refractivity contribution in [3.63, 3.8) is 0 Å². The van der Waals surface area contributed by atoms with Crippen molar-refractivity contribution in [3.05, 3.63) is 94.3 Å². The van der Waals surface area contributed by atoms with E-state index in [2.05, 4.69) is 10.0 Å². The summed E-state index contributed by atoms with van der Waals surface area (Å²) < 4.78 is 70.4. The maximum absolute atomic E-state index is 13.6. The number of rotatable bonds is 21. The lowest BCUT2D eigenvalue weighted by Gasteiger charge is -2.12. The highest BCUT2D eigenvalue weighted by molar-refractivity contribution is 7.88. The second kappa shape index (κ2) is 17.7. The van der Waals surface area contributed by atoms with Crippen LogP contribution in [0.2, 0.25) is 0 Å². The van der Waals surface area contributed by atoms with Gasteiger partial charge in [-0.15, -0.1) is 0 Å². The van der Waals surface area contributed by atoms with Crippen LogP contribution in [0.5, 0.6) is 0 Å². The van der Waals surface area contributed by atoms with Gasteiger partial charge in [0.2, 0.25) is 10.0 Å². The summed E-state index contributed by atoms with van der Waals surface area (Å²) in [5, 5.41) is 12.3. The number of carbonyl (C=O) groups excluding carboxylic acids is 1.